The van der Waals surface area contributed by atoms with Crippen LogP contribution in [0.15, 0.2) is 65.6 Å². The van der Waals surface area contributed by atoms with Crippen molar-refractivity contribution in [3.05, 3.63) is 66.2 Å². The molecule has 0 aliphatic carbocycles. The highest BCUT2D eigenvalue weighted by Crippen LogP contribution is 2.10. The molecule has 0 amide bonds. The predicted octanol–water partition coefficient (Wildman–Crippen LogP) is 0.444. The van der Waals surface area contributed by atoms with Gasteiger partial charge in [0.1, 0.15) is 0 Å². The van der Waals surface area contributed by atoms with Gasteiger partial charge in [0.15, 0.2) is 0 Å². The number of hydrogen-bond acceptors (Lipinski definition) is 6. The summed E-state index contributed by atoms with van der Waals surface area (Å²) < 4.78 is 26.4. The third kappa shape index (κ3) is 8.73. The van der Waals surface area contributed by atoms with Gasteiger partial charge in [0.05, 0.1) is 11.0 Å². The molecule has 2 aromatic carbocycles. The number of carboxylic acids is 2. The lowest BCUT2D eigenvalue weighted by Gasteiger charge is -2.12. The van der Waals surface area contributed by atoms with Gasteiger partial charge < -0.3 is 20.6 Å². The molecule has 0 aromatic heterocycles. The third-order valence-corrected chi connectivity index (χ3v) is 4.83. The van der Waals surface area contributed by atoms with Crippen molar-refractivity contribution in [1.82, 2.24) is 10.0 Å². The van der Waals surface area contributed by atoms with Gasteiger partial charge in [-0.3, -0.25) is 0 Å². The van der Waals surface area contributed by atoms with Crippen molar-refractivity contribution < 1.29 is 33.3 Å². The van der Waals surface area contributed by atoms with E-state index in [4.69, 9.17) is 19.8 Å². The minimum Gasteiger partial charge on any atom is -0.473 e. The number of carboxylic acid groups (broad SMARTS) is 2. The third-order valence-electron chi connectivity index (χ3n) is 3.35. The van der Waals surface area contributed by atoms with Crippen LogP contribution in [0.2, 0.25) is 0 Å². The van der Waals surface area contributed by atoms with E-state index in [0.29, 0.717) is 13.1 Å². The fourth-order valence-corrected chi connectivity index (χ4v) is 3.04. The summed E-state index contributed by atoms with van der Waals surface area (Å²) in [6, 6.07) is 17.6. The van der Waals surface area contributed by atoms with E-state index in [0.717, 1.165) is 5.56 Å². The van der Waals surface area contributed by atoms with Crippen molar-refractivity contribution in [2.45, 2.75) is 11.0 Å². The van der Waals surface area contributed by atoms with E-state index in [2.05, 4.69) is 10.0 Å². The molecule has 0 aliphatic rings. The Hall–Kier alpha value is -2.79. The number of benzene rings is 2. The zero-order valence-electron chi connectivity index (χ0n) is 14.9. The van der Waals surface area contributed by atoms with E-state index >= 15 is 0 Å². The van der Waals surface area contributed by atoms with Gasteiger partial charge >= 0.3 is 11.9 Å². The molecule has 1 atom stereocenters. The van der Waals surface area contributed by atoms with Gasteiger partial charge in [-0.2, -0.15) is 0 Å². The highest BCUT2D eigenvalue weighted by atomic mass is 32.2. The molecule has 9 nitrogen and oxygen atoms in total. The quantitative estimate of drug-likeness (QED) is 0.310. The van der Waals surface area contributed by atoms with Crippen molar-refractivity contribution in [2.75, 3.05) is 19.6 Å². The molecule has 152 valence electrons. The molecule has 0 radical (unpaired) electrons. The van der Waals surface area contributed by atoms with Gasteiger partial charge in [-0.15, -0.1) is 0 Å². The standard InChI is InChI=1S/C16H20N2O3S.C2H2O4/c19-16(14-7-3-1-4-8-14)13-17-11-12-18-22(20,21)15-9-5-2-6-10-15;3-1(4)2(5)6/h1-10,16-19H,11-13H2;(H,3,4)(H,5,6). The summed E-state index contributed by atoms with van der Waals surface area (Å²) in [6.45, 7) is 1.08. The minimum atomic E-state index is -3.47. The Balaban J connectivity index is 0.000000568. The molecule has 2 aromatic rings. The summed E-state index contributed by atoms with van der Waals surface area (Å²) in [5.41, 5.74) is 0.833. The van der Waals surface area contributed by atoms with Crippen molar-refractivity contribution >= 4 is 22.0 Å². The molecule has 0 bridgehead atoms. The Kier molecular flexibility index (Phi) is 9.82. The first kappa shape index (κ1) is 23.2. The fourth-order valence-electron chi connectivity index (χ4n) is 1.99. The first-order chi connectivity index (χ1) is 13.2. The molecule has 2 rings (SSSR count). The lowest BCUT2D eigenvalue weighted by atomic mass is 10.1. The Morgan fingerprint density at radius 1 is 0.857 bits per heavy atom. The summed E-state index contributed by atoms with van der Waals surface area (Å²) in [4.78, 5) is 18.4. The van der Waals surface area contributed by atoms with E-state index in [1.165, 1.54) is 0 Å². The maximum Gasteiger partial charge on any atom is 0.414 e. The van der Waals surface area contributed by atoms with Crippen LogP contribution < -0.4 is 10.0 Å². The Labute approximate surface area is 162 Å². The number of rotatable bonds is 8. The second-order valence-corrected chi connectivity index (χ2v) is 7.22. The van der Waals surface area contributed by atoms with E-state index in [9.17, 15) is 13.5 Å². The highest BCUT2D eigenvalue weighted by molar-refractivity contribution is 7.89. The molecule has 0 fully saturated rings. The SMILES string of the molecule is O=C(O)C(=O)O.O=S(=O)(NCCNCC(O)c1ccccc1)c1ccccc1. The molecule has 0 aliphatic heterocycles. The van der Waals surface area contributed by atoms with E-state index in [1.54, 1.807) is 30.3 Å². The van der Waals surface area contributed by atoms with Crippen LogP contribution in [0.1, 0.15) is 11.7 Å². The summed E-state index contributed by atoms with van der Waals surface area (Å²) >= 11 is 0. The van der Waals surface area contributed by atoms with E-state index in [1.807, 2.05) is 30.3 Å². The smallest absolute Gasteiger partial charge is 0.414 e. The average Bonchev–Trinajstić information content (AvgIpc) is 2.69. The lowest BCUT2D eigenvalue weighted by molar-refractivity contribution is -0.159. The normalized spacial score (nSPS) is 11.8. The molecule has 28 heavy (non-hydrogen) atoms. The van der Waals surface area contributed by atoms with Crippen molar-refractivity contribution in [2.24, 2.45) is 0 Å². The Morgan fingerprint density at radius 3 is 1.86 bits per heavy atom. The largest absolute Gasteiger partial charge is 0.473 e. The van der Waals surface area contributed by atoms with E-state index in [-0.39, 0.29) is 11.4 Å². The van der Waals surface area contributed by atoms with Crippen LogP contribution in [-0.4, -0.2) is 55.3 Å². The van der Waals surface area contributed by atoms with Gasteiger partial charge in [0.2, 0.25) is 10.0 Å². The van der Waals surface area contributed by atoms with Crippen LogP contribution in [0.25, 0.3) is 0 Å². The maximum absolute atomic E-state index is 12.0. The van der Waals surface area contributed by atoms with Crippen LogP contribution in [0.4, 0.5) is 0 Å². The van der Waals surface area contributed by atoms with Crippen LogP contribution in [0, 0.1) is 0 Å². The summed E-state index contributed by atoms with van der Waals surface area (Å²) in [6.07, 6.45) is -0.605. The summed E-state index contributed by atoms with van der Waals surface area (Å²) in [5.74, 6) is -3.65. The average molecular weight is 410 g/mol. The van der Waals surface area contributed by atoms with Gasteiger partial charge in [-0.1, -0.05) is 48.5 Å². The fraction of sp³-hybridized carbons (Fsp3) is 0.222. The molecule has 5 N–H and O–H groups in total. The van der Waals surface area contributed by atoms with Gasteiger partial charge in [-0.05, 0) is 17.7 Å². The van der Waals surface area contributed by atoms with Crippen LogP contribution in [0.5, 0.6) is 0 Å². The number of carbonyl (C=O) groups is 2. The lowest BCUT2D eigenvalue weighted by Crippen LogP contribution is -2.33. The number of aliphatic carboxylic acids is 2. The number of aliphatic hydroxyl groups is 1. The molecular formula is C18H22N2O7S. The number of hydrogen-bond donors (Lipinski definition) is 5. The zero-order chi connectivity index (χ0) is 21.0. The van der Waals surface area contributed by atoms with Crippen molar-refractivity contribution in [3.8, 4) is 0 Å². The number of nitrogens with one attached hydrogen (secondary N) is 2. The molecule has 1 unspecified atom stereocenters. The first-order valence-corrected chi connectivity index (χ1v) is 9.67. The predicted molar refractivity (Wildman–Crippen MR) is 101 cm³/mol. The summed E-state index contributed by atoms with van der Waals surface area (Å²) in [7, 11) is -3.47. The molecule has 0 spiro atoms. The molecule has 0 heterocycles. The Morgan fingerprint density at radius 2 is 1.36 bits per heavy atom. The van der Waals surface area contributed by atoms with Crippen LogP contribution in [0.3, 0.4) is 0 Å². The maximum atomic E-state index is 12.0. The van der Waals surface area contributed by atoms with E-state index < -0.39 is 28.1 Å². The monoisotopic (exact) mass is 410 g/mol. The zero-order valence-corrected chi connectivity index (χ0v) is 15.7. The molecular weight excluding hydrogens is 388 g/mol. The topological polar surface area (TPSA) is 153 Å². The number of sulfonamides is 1. The van der Waals surface area contributed by atoms with Gasteiger partial charge in [-0.25, -0.2) is 22.7 Å². The highest BCUT2D eigenvalue weighted by Gasteiger charge is 2.12. The van der Waals surface area contributed by atoms with Crippen LogP contribution >= 0.6 is 0 Å². The van der Waals surface area contributed by atoms with Crippen LogP contribution in [-0.2, 0) is 19.6 Å². The minimum absolute atomic E-state index is 0.249. The first-order valence-electron chi connectivity index (χ1n) is 8.18. The molecule has 0 saturated carbocycles. The molecule has 10 heteroatoms. The second-order valence-electron chi connectivity index (χ2n) is 5.45. The van der Waals surface area contributed by atoms with Crippen molar-refractivity contribution in [1.29, 1.82) is 0 Å². The Bertz CT molecular complexity index is 831. The van der Waals surface area contributed by atoms with Crippen molar-refractivity contribution in [3.63, 3.8) is 0 Å². The summed E-state index contributed by atoms with van der Waals surface area (Å²) in [5, 5.41) is 27.8. The van der Waals surface area contributed by atoms with Gasteiger partial charge in [0.25, 0.3) is 0 Å². The molecule has 0 saturated heterocycles. The second kappa shape index (κ2) is 11.8. The van der Waals surface area contributed by atoms with Gasteiger partial charge in [0, 0.05) is 19.6 Å². The number of aliphatic hydroxyl groups excluding tert-OH is 1.